The number of tetrazole rings is 1. The molecule has 1 radical (unpaired) electrons. The van der Waals surface area contributed by atoms with E-state index >= 15 is 0 Å². The Balaban J connectivity index is 1.42. The van der Waals surface area contributed by atoms with E-state index < -0.39 is 5.41 Å². The molecule has 6 nitrogen and oxygen atoms in total. The van der Waals surface area contributed by atoms with Gasteiger partial charge in [0.2, 0.25) is 5.91 Å². The topological polar surface area (TPSA) is 86.7 Å². The van der Waals surface area contributed by atoms with Gasteiger partial charge in [-0.25, -0.2) is 4.68 Å². The fourth-order valence-electron chi connectivity index (χ4n) is 6.15. The average Bonchev–Trinajstić information content (AvgIpc) is 3.00. The molecule has 0 saturated heterocycles. The lowest BCUT2D eigenvalue weighted by molar-refractivity contribution is -0.142. The van der Waals surface area contributed by atoms with Crippen molar-refractivity contribution in [3.63, 3.8) is 0 Å². The molecule has 1 heterocycles. The highest BCUT2D eigenvalue weighted by Crippen LogP contribution is 2.65. The number of aromatic nitrogens is 4. The van der Waals surface area contributed by atoms with E-state index in [0.29, 0.717) is 18.4 Å². The zero-order chi connectivity index (χ0) is 17.8. The van der Waals surface area contributed by atoms with Gasteiger partial charge in [0.25, 0.3) is 0 Å². The van der Waals surface area contributed by atoms with Crippen LogP contribution in [0.4, 0.5) is 0 Å². The fourth-order valence-corrected chi connectivity index (χ4v) is 6.15. The van der Waals surface area contributed by atoms with Crippen LogP contribution in [-0.4, -0.2) is 26.1 Å². The summed E-state index contributed by atoms with van der Waals surface area (Å²) in [7, 11) is 0. The van der Waals surface area contributed by atoms with E-state index in [1.807, 2.05) is 22.9 Å². The highest BCUT2D eigenvalue weighted by atomic mass is 16.1. The molecule has 4 fully saturated rings. The summed E-state index contributed by atoms with van der Waals surface area (Å²) >= 11 is 0. The van der Waals surface area contributed by atoms with Crippen LogP contribution < -0.4 is 5.73 Å². The standard InChI is InChI=1S/C20H24N5O/c21-18(26)20-9-15-6-16(10-20)8-19(7-15,13-20)11-17-22-23-24-25(17)12-14-4-2-1-3-5-14/h1-5,9,15-16H,6-8,10-13H2,(H2,21,26). The third-order valence-corrected chi connectivity index (χ3v) is 6.76. The first-order valence-corrected chi connectivity index (χ1v) is 9.51. The summed E-state index contributed by atoms with van der Waals surface area (Å²) < 4.78 is 1.91. The van der Waals surface area contributed by atoms with Gasteiger partial charge in [0, 0.05) is 6.42 Å². The number of benzene rings is 1. The molecular formula is C20H24N5O. The zero-order valence-corrected chi connectivity index (χ0v) is 14.8. The number of carbonyl (C=O) groups excluding carboxylic acids is 1. The molecule has 1 aromatic carbocycles. The number of rotatable bonds is 5. The third kappa shape index (κ3) is 2.54. The molecular weight excluding hydrogens is 326 g/mol. The molecule has 1 amide bonds. The minimum atomic E-state index is -0.401. The van der Waals surface area contributed by atoms with Gasteiger partial charge in [-0.15, -0.1) is 5.10 Å². The lowest BCUT2D eigenvalue weighted by Crippen LogP contribution is -2.57. The Hall–Kier alpha value is -2.24. The number of hydrogen-bond donors (Lipinski definition) is 1. The summed E-state index contributed by atoms with van der Waals surface area (Å²) in [5.41, 5.74) is 6.74. The van der Waals surface area contributed by atoms with E-state index in [2.05, 4.69) is 34.1 Å². The van der Waals surface area contributed by atoms with Crippen molar-refractivity contribution < 1.29 is 4.79 Å². The third-order valence-electron chi connectivity index (χ3n) is 6.76. The molecule has 135 valence electrons. The summed E-state index contributed by atoms with van der Waals surface area (Å²) in [5.74, 6) is 1.91. The summed E-state index contributed by atoms with van der Waals surface area (Å²) in [6.45, 7) is 0.680. The van der Waals surface area contributed by atoms with Crippen LogP contribution in [0, 0.1) is 29.1 Å². The van der Waals surface area contributed by atoms with Crippen molar-refractivity contribution in [1.82, 2.24) is 20.2 Å². The first-order valence-electron chi connectivity index (χ1n) is 9.51. The molecule has 4 atom stereocenters. The molecule has 4 saturated carbocycles. The van der Waals surface area contributed by atoms with E-state index in [1.165, 1.54) is 18.4 Å². The molecule has 2 N–H and O–H groups in total. The summed E-state index contributed by atoms with van der Waals surface area (Å²) in [5, 5.41) is 12.5. The minimum Gasteiger partial charge on any atom is -0.369 e. The summed E-state index contributed by atoms with van der Waals surface area (Å²) in [6, 6.07) is 10.3. The van der Waals surface area contributed by atoms with E-state index in [4.69, 9.17) is 5.73 Å². The Morgan fingerprint density at radius 1 is 1.23 bits per heavy atom. The quantitative estimate of drug-likeness (QED) is 0.895. The van der Waals surface area contributed by atoms with Crippen LogP contribution in [-0.2, 0) is 17.8 Å². The molecule has 1 aromatic heterocycles. The first-order chi connectivity index (χ1) is 12.6. The van der Waals surface area contributed by atoms with Crippen molar-refractivity contribution >= 4 is 5.91 Å². The molecule has 0 spiro atoms. The summed E-state index contributed by atoms with van der Waals surface area (Å²) in [6.07, 6.45) is 8.43. The normalized spacial score (nSPS) is 34.9. The van der Waals surface area contributed by atoms with Crippen molar-refractivity contribution in [3.8, 4) is 0 Å². The minimum absolute atomic E-state index is 0.110. The van der Waals surface area contributed by atoms with Gasteiger partial charge < -0.3 is 5.73 Å². The molecule has 4 aliphatic carbocycles. The van der Waals surface area contributed by atoms with E-state index in [-0.39, 0.29) is 11.3 Å². The van der Waals surface area contributed by atoms with Gasteiger partial charge in [-0.1, -0.05) is 30.3 Å². The molecule has 4 bridgehead atoms. The maximum Gasteiger partial charge on any atom is 0.223 e. The molecule has 26 heavy (non-hydrogen) atoms. The lowest BCUT2D eigenvalue weighted by Gasteiger charge is -2.60. The fraction of sp³-hybridized carbons (Fsp3) is 0.550. The number of nitrogens with two attached hydrogens (primary N) is 1. The number of amides is 1. The largest absolute Gasteiger partial charge is 0.369 e. The SMILES string of the molecule is NC(=O)C12[CH]C3CC(CC(Cc4nnnn4Cc4ccccc4)(C3)C1)C2. The number of nitrogens with zero attached hydrogens (tertiary/aromatic N) is 4. The number of primary amides is 1. The van der Waals surface area contributed by atoms with Gasteiger partial charge >= 0.3 is 0 Å². The first kappa shape index (κ1) is 16.0. The van der Waals surface area contributed by atoms with Crippen LogP contribution >= 0.6 is 0 Å². The second-order valence-electron chi connectivity index (χ2n) is 8.75. The van der Waals surface area contributed by atoms with E-state index in [1.54, 1.807) is 0 Å². The van der Waals surface area contributed by atoms with Crippen LogP contribution in [0.5, 0.6) is 0 Å². The molecule has 4 aliphatic rings. The predicted molar refractivity (Wildman–Crippen MR) is 95.5 cm³/mol. The van der Waals surface area contributed by atoms with Gasteiger partial charge in [0.1, 0.15) is 0 Å². The van der Waals surface area contributed by atoms with Crippen LogP contribution in [0.2, 0.25) is 0 Å². The second kappa shape index (κ2) is 5.63. The van der Waals surface area contributed by atoms with Gasteiger partial charge in [-0.2, -0.15) is 0 Å². The van der Waals surface area contributed by atoms with E-state index in [9.17, 15) is 4.79 Å². The van der Waals surface area contributed by atoms with Crippen molar-refractivity contribution in [2.24, 2.45) is 28.4 Å². The van der Waals surface area contributed by atoms with Gasteiger partial charge in [-0.05, 0) is 71.8 Å². The number of carbonyl (C=O) groups is 1. The second-order valence-corrected chi connectivity index (χ2v) is 8.75. The van der Waals surface area contributed by atoms with Crippen LogP contribution in [0.1, 0.15) is 43.5 Å². The van der Waals surface area contributed by atoms with Crippen molar-refractivity contribution in [3.05, 3.63) is 48.1 Å². The molecule has 6 rings (SSSR count). The highest BCUT2D eigenvalue weighted by Gasteiger charge is 2.60. The highest BCUT2D eigenvalue weighted by molar-refractivity contribution is 5.83. The Kier molecular flexibility index (Phi) is 3.46. The summed E-state index contributed by atoms with van der Waals surface area (Å²) in [4.78, 5) is 12.3. The van der Waals surface area contributed by atoms with Crippen molar-refractivity contribution in [2.45, 2.75) is 45.1 Å². The Morgan fingerprint density at radius 2 is 2.08 bits per heavy atom. The van der Waals surface area contributed by atoms with E-state index in [0.717, 1.165) is 31.5 Å². The monoisotopic (exact) mass is 350 g/mol. The Morgan fingerprint density at radius 3 is 2.85 bits per heavy atom. The van der Waals surface area contributed by atoms with Crippen LogP contribution in [0.3, 0.4) is 0 Å². The van der Waals surface area contributed by atoms with Crippen molar-refractivity contribution in [1.29, 1.82) is 0 Å². The van der Waals surface area contributed by atoms with Crippen LogP contribution in [0.25, 0.3) is 0 Å². The van der Waals surface area contributed by atoms with Gasteiger partial charge in [-0.3, -0.25) is 4.79 Å². The zero-order valence-electron chi connectivity index (χ0n) is 14.8. The lowest BCUT2D eigenvalue weighted by atomic mass is 9.43. The van der Waals surface area contributed by atoms with Gasteiger partial charge in [0.15, 0.2) is 5.82 Å². The molecule has 4 unspecified atom stereocenters. The van der Waals surface area contributed by atoms with Gasteiger partial charge in [0.05, 0.1) is 12.0 Å². The van der Waals surface area contributed by atoms with Crippen molar-refractivity contribution in [2.75, 3.05) is 0 Å². The molecule has 0 aliphatic heterocycles. The smallest absolute Gasteiger partial charge is 0.223 e. The Labute approximate surface area is 153 Å². The Bertz CT molecular complexity index is 816. The average molecular weight is 350 g/mol. The molecule has 2 aromatic rings. The maximum atomic E-state index is 12.3. The predicted octanol–water partition coefficient (Wildman–Crippen LogP) is 2.15. The maximum absolute atomic E-state index is 12.3. The molecule has 6 heteroatoms. The number of hydrogen-bond acceptors (Lipinski definition) is 4. The van der Waals surface area contributed by atoms with Crippen LogP contribution in [0.15, 0.2) is 30.3 Å².